The molecule has 1 aliphatic heterocycles. The van der Waals surface area contributed by atoms with E-state index in [0.717, 1.165) is 0 Å². The van der Waals surface area contributed by atoms with Crippen molar-refractivity contribution in [2.75, 3.05) is 13.2 Å². The van der Waals surface area contributed by atoms with Crippen LogP contribution in [0.25, 0.3) is 0 Å². The molecule has 0 bridgehead atoms. The van der Waals surface area contributed by atoms with Gasteiger partial charge in [-0.3, -0.25) is 4.79 Å². The summed E-state index contributed by atoms with van der Waals surface area (Å²) in [6.45, 7) is 2.61. The van der Waals surface area contributed by atoms with Crippen LogP contribution in [0.2, 0.25) is 0 Å². The van der Waals surface area contributed by atoms with Gasteiger partial charge in [-0.1, -0.05) is 12.1 Å². The molecule has 4 heteroatoms. The van der Waals surface area contributed by atoms with Gasteiger partial charge < -0.3 is 14.6 Å². The number of fused-ring (bicyclic) bond motifs is 1. The average molecular weight is 208 g/mol. The largest absolute Gasteiger partial charge is 0.490 e. The number of carboxylic acids is 1. The fourth-order valence-corrected chi connectivity index (χ4v) is 1.69. The first kappa shape index (κ1) is 9.83. The highest BCUT2D eigenvalue weighted by Gasteiger charge is 2.32. The third-order valence-electron chi connectivity index (χ3n) is 2.38. The maximum Gasteiger partial charge on any atom is 0.314 e. The fourth-order valence-electron chi connectivity index (χ4n) is 1.69. The van der Waals surface area contributed by atoms with Gasteiger partial charge in [-0.2, -0.15) is 0 Å². The zero-order valence-corrected chi connectivity index (χ0v) is 8.40. The molecule has 0 spiro atoms. The summed E-state index contributed by atoms with van der Waals surface area (Å²) >= 11 is 0. The van der Waals surface area contributed by atoms with E-state index in [1.54, 1.807) is 18.2 Å². The highest BCUT2D eigenvalue weighted by molar-refractivity contribution is 5.79. The van der Waals surface area contributed by atoms with Crippen molar-refractivity contribution in [2.24, 2.45) is 0 Å². The van der Waals surface area contributed by atoms with Gasteiger partial charge in [0.15, 0.2) is 11.5 Å². The standard InChI is InChI=1S/C11H12O4/c1-2-14-9-5-3-4-7-8(11(12)13)6-15-10(7)9/h3-5,8H,2,6H2,1H3,(H,12,13). The molecule has 1 aromatic carbocycles. The summed E-state index contributed by atoms with van der Waals surface area (Å²) in [4.78, 5) is 10.9. The van der Waals surface area contributed by atoms with Crippen molar-refractivity contribution < 1.29 is 19.4 Å². The molecule has 15 heavy (non-hydrogen) atoms. The minimum absolute atomic E-state index is 0.189. The number of carbonyl (C=O) groups is 1. The van der Waals surface area contributed by atoms with Gasteiger partial charge in [0.1, 0.15) is 12.5 Å². The predicted molar refractivity (Wildman–Crippen MR) is 53.5 cm³/mol. The zero-order chi connectivity index (χ0) is 10.8. The molecule has 1 N–H and O–H groups in total. The maximum absolute atomic E-state index is 10.9. The molecule has 1 atom stereocenters. The van der Waals surface area contributed by atoms with Crippen LogP contribution in [0.1, 0.15) is 18.4 Å². The number of hydrogen-bond acceptors (Lipinski definition) is 3. The van der Waals surface area contributed by atoms with Gasteiger partial charge >= 0.3 is 5.97 Å². The van der Waals surface area contributed by atoms with E-state index in [9.17, 15) is 4.79 Å². The maximum atomic E-state index is 10.9. The van der Waals surface area contributed by atoms with E-state index in [0.29, 0.717) is 23.7 Å². The molecule has 0 fully saturated rings. The first-order valence-corrected chi connectivity index (χ1v) is 4.85. The third-order valence-corrected chi connectivity index (χ3v) is 2.38. The van der Waals surface area contributed by atoms with E-state index in [1.807, 2.05) is 6.92 Å². The minimum atomic E-state index is -0.859. The summed E-state index contributed by atoms with van der Waals surface area (Å²) in [5, 5.41) is 8.96. The van der Waals surface area contributed by atoms with Crippen molar-refractivity contribution in [1.29, 1.82) is 0 Å². The van der Waals surface area contributed by atoms with Crippen LogP contribution in [0.15, 0.2) is 18.2 Å². The topological polar surface area (TPSA) is 55.8 Å². The third kappa shape index (κ3) is 1.63. The molecule has 1 heterocycles. The van der Waals surface area contributed by atoms with Gasteiger partial charge in [0.25, 0.3) is 0 Å². The van der Waals surface area contributed by atoms with Crippen LogP contribution in [0, 0.1) is 0 Å². The molecule has 2 rings (SSSR count). The Labute approximate surface area is 87.4 Å². The van der Waals surface area contributed by atoms with Crippen molar-refractivity contribution in [3.05, 3.63) is 23.8 Å². The highest BCUT2D eigenvalue weighted by atomic mass is 16.5. The second-order valence-corrected chi connectivity index (χ2v) is 3.31. The quantitative estimate of drug-likeness (QED) is 0.820. The number of rotatable bonds is 3. The van der Waals surface area contributed by atoms with Crippen LogP contribution < -0.4 is 9.47 Å². The van der Waals surface area contributed by atoms with Gasteiger partial charge in [0.05, 0.1) is 6.61 Å². The molecule has 0 radical (unpaired) electrons. The number of para-hydroxylation sites is 1. The van der Waals surface area contributed by atoms with Crippen LogP contribution in [0.4, 0.5) is 0 Å². The van der Waals surface area contributed by atoms with Gasteiger partial charge in [-0.25, -0.2) is 0 Å². The van der Waals surface area contributed by atoms with Crippen molar-refractivity contribution in [3.8, 4) is 11.5 Å². The molecule has 1 aromatic rings. The molecule has 0 aromatic heterocycles. The normalized spacial score (nSPS) is 18.1. The van der Waals surface area contributed by atoms with E-state index in [4.69, 9.17) is 14.6 Å². The summed E-state index contributed by atoms with van der Waals surface area (Å²) in [7, 11) is 0. The Morgan fingerprint density at radius 3 is 3.13 bits per heavy atom. The van der Waals surface area contributed by atoms with Gasteiger partial charge in [-0.15, -0.1) is 0 Å². The number of hydrogen-bond donors (Lipinski definition) is 1. The van der Waals surface area contributed by atoms with Gasteiger partial charge in [0, 0.05) is 5.56 Å². The van der Waals surface area contributed by atoms with Crippen molar-refractivity contribution in [3.63, 3.8) is 0 Å². The lowest BCUT2D eigenvalue weighted by molar-refractivity contribution is -0.138. The van der Waals surface area contributed by atoms with Gasteiger partial charge in [0.2, 0.25) is 0 Å². The Bertz CT molecular complexity index is 386. The van der Waals surface area contributed by atoms with Crippen LogP contribution in [-0.2, 0) is 4.79 Å². The van der Waals surface area contributed by atoms with Crippen molar-refractivity contribution >= 4 is 5.97 Å². The zero-order valence-electron chi connectivity index (χ0n) is 8.40. The van der Waals surface area contributed by atoms with Crippen LogP contribution in [0.5, 0.6) is 11.5 Å². The molecular weight excluding hydrogens is 196 g/mol. The number of benzene rings is 1. The average Bonchev–Trinajstić information content (AvgIpc) is 2.62. The molecule has 0 saturated carbocycles. The molecule has 1 unspecified atom stereocenters. The molecule has 4 nitrogen and oxygen atoms in total. The van der Waals surface area contributed by atoms with Crippen molar-refractivity contribution in [1.82, 2.24) is 0 Å². The van der Waals surface area contributed by atoms with Gasteiger partial charge in [-0.05, 0) is 13.0 Å². The second-order valence-electron chi connectivity index (χ2n) is 3.31. The Kier molecular flexibility index (Phi) is 2.49. The smallest absolute Gasteiger partial charge is 0.314 e. The molecule has 0 saturated heterocycles. The summed E-state index contributed by atoms with van der Waals surface area (Å²) in [5.41, 5.74) is 0.702. The van der Waals surface area contributed by atoms with Crippen LogP contribution in [0.3, 0.4) is 0 Å². The summed E-state index contributed by atoms with van der Waals surface area (Å²) in [6.07, 6.45) is 0. The molecule has 0 aliphatic carbocycles. The van der Waals surface area contributed by atoms with E-state index in [-0.39, 0.29) is 6.61 Å². The second kappa shape index (κ2) is 3.81. The minimum Gasteiger partial charge on any atom is -0.490 e. The Morgan fingerprint density at radius 1 is 1.67 bits per heavy atom. The van der Waals surface area contributed by atoms with Crippen molar-refractivity contribution in [2.45, 2.75) is 12.8 Å². The molecule has 1 aliphatic rings. The molecule has 80 valence electrons. The monoisotopic (exact) mass is 208 g/mol. The molecular formula is C11H12O4. The van der Waals surface area contributed by atoms with E-state index in [1.165, 1.54) is 0 Å². The fraction of sp³-hybridized carbons (Fsp3) is 0.364. The lowest BCUT2D eigenvalue weighted by atomic mass is 10.0. The van der Waals surface area contributed by atoms with E-state index >= 15 is 0 Å². The Morgan fingerprint density at radius 2 is 2.47 bits per heavy atom. The number of aliphatic carboxylic acids is 1. The first-order chi connectivity index (χ1) is 7.24. The first-order valence-electron chi connectivity index (χ1n) is 4.85. The summed E-state index contributed by atoms with van der Waals surface area (Å²) in [6, 6.07) is 5.34. The summed E-state index contributed by atoms with van der Waals surface area (Å²) in [5.74, 6) is -0.228. The Hall–Kier alpha value is -1.71. The lowest BCUT2D eigenvalue weighted by Gasteiger charge is -2.07. The highest BCUT2D eigenvalue weighted by Crippen LogP contribution is 2.41. The summed E-state index contributed by atoms with van der Waals surface area (Å²) < 4.78 is 10.7. The van der Waals surface area contributed by atoms with E-state index in [2.05, 4.69) is 0 Å². The lowest BCUT2D eigenvalue weighted by Crippen LogP contribution is -2.12. The molecule has 0 amide bonds. The number of carboxylic acid groups (broad SMARTS) is 1. The SMILES string of the molecule is CCOc1cccc2c1OCC2C(=O)O. The predicted octanol–water partition coefficient (Wildman–Crippen LogP) is 1.65. The van der Waals surface area contributed by atoms with E-state index < -0.39 is 11.9 Å². The number of ether oxygens (including phenoxy) is 2. The Balaban J connectivity index is 2.38. The van der Waals surface area contributed by atoms with Crippen LogP contribution >= 0.6 is 0 Å². The van der Waals surface area contributed by atoms with Crippen LogP contribution in [-0.4, -0.2) is 24.3 Å².